The molecule has 5 heteroatoms. The summed E-state index contributed by atoms with van der Waals surface area (Å²) in [6, 6.07) is 1.03. The van der Waals surface area contributed by atoms with E-state index in [9.17, 15) is 0 Å². The van der Waals surface area contributed by atoms with E-state index in [4.69, 9.17) is 10.2 Å². The monoisotopic (exact) mass is 238 g/mol. The molecule has 1 saturated carbocycles. The number of anilines is 1. The van der Waals surface area contributed by atoms with E-state index in [0.717, 1.165) is 5.92 Å². The molecule has 0 aromatic carbocycles. The minimum absolute atomic E-state index is 0.478. The van der Waals surface area contributed by atoms with Gasteiger partial charge in [-0.05, 0) is 25.2 Å². The summed E-state index contributed by atoms with van der Waals surface area (Å²) < 4.78 is 5.48. The van der Waals surface area contributed by atoms with Gasteiger partial charge in [-0.3, -0.25) is 0 Å². The van der Waals surface area contributed by atoms with Gasteiger partial charge in [-0.25, -0.2) is 0 Å². The fraction of sp³-hybridized carbons (Fsp3) is 0.833. The highest BCUT2D eigenvalue weighted by Gasteiger charge is 2.17. The summed E-state index contributed by atoms with van der Waals surface area (Å²) in [7, 11) is 0. The second-order valence-electron chi connectivity index (χ2n) is 4.99. The maximum absolute atomic E-state index is 5.48. The van der Waals surface area contributed by atoms with E-state index in [0.29, 0.717) is 30.9 Å². The van der Waals surface area contributed by atoms with Crippen molar-refractivity contribution in [3.8, 4) is 0 Å². The molecule has 1 aliphatic carbocycles. The Morgan fingerprint density at radius 3 is 3.00 bits per heavy atom. The highest BCUT2D eigenvalue weighted by Crippen LogP contribution is 2.24. The molecule has 1 aliphatic rings. The molecule has 5 nitrogen and oxygen atoms in total. The maximum Gasteiger partial charge on any atom is 0.315 e. The first-order chi connectivity index (χ1) is 8.28. The fourth-order valence-corrected chi connectivity index (χ4v) is 2.34. The fourth-order valence-electron chi connectivity index (χ4n) is 2.34. The van der Waals surface area contributed by atoms with Crippen molar-refractivity contribution in [2.75, 3.05) is 11.9 Å². The van der Waals surface area contributed by atoms with Crippen LogP contribution in [-0.2, 0) is 6.42 Å². The van der Waals surface area contributed by atoms with Gasteiger partial charge in [0.05, 0.1) is 0 Å². The third kappa shape index (κ3) is 3.70. The van der Waals surface area contributed by atoms with Gasteiger partial charge in [-0.1, -0.05) is 24.9 Å². The lowest BCUT2D eigenvalue weighted by Crippen LogP contribution is -2.18. The van der Waals surface area contributed by atoms with E-state index in [1.165, 1.54) is 32.1 Å². The topological polar surface area (TPSA) is 77.0 Å². The minimum Gasteiger partial charge on any atom is -0.408 e. The molecule has 0 bridgehead atoms. The predicted octanol–water partition coefficient (Wildman–Crippen LogP) is 1.95. The van der Waals surface area contributed by atoms with E-state index in [2.05, 4.69) is 22.4 Å². The lowest BCUT2D eigenvalue weighted by molar-refractivity contribution is 0.485. The molecule has 17 heavy (non-hydrogen) atoms. The van der Waals surface area contributed by atoms with Gasteiger partial charge in [0.1, 0.15) is 0 Å². The number of aromatic nitrogens is 2. The molecule has 96 valence electrons. The van der Waals surface area contributed by atoms with Gasteiger partial charge >= 0.3 is 6.01 Å². The van der Waals surface area contributed by atoms with Crippen LogP contribution in [0.25, 0.3) is 0 Å². The van der Waals surface area contributed by atoms with Gasteiger partial charge in [0.25, 0.3) is 0 Å². The van der Waals surface area contributed by atoms with Crippen LogP contribution >= 0.6 is 0 Å². The molecule has 1 aromatic heterocycles. The van der Waals surface area contributed by atoms with Gasteiger partial charge in [-0.15, -0.1) is 5.10 Å². The summed E-state index contributed by atoms with van der Waals surface area (Å²) >= 11 is 0. The third-order valence-corrected chi connectivity index (χ3v) is 3.41. The molecule has 3 N–H and O–H groups in total. The predicted molar refractivity (Wildman–Crippen MR) is 66.7 cm³/mol. The molecular formula is C12H22N4O. The second-order valence-corrected chi connectivity index (χ2v) is 4.99. The Kier molecular flexibility index (Phi) is 4.36. The Balaban J connectivity index is 1.86. The minimum atomic E-state index is 0.478. The Labute approximate surface area is 102 Å². The molecule has 0 saturated heterocycles. The van der Waals surface area contributed by atoms with Crippen molar-refractivity contribution in [2.45, 2.75) is 51.5 Å². The van der Waals surface area contributed by atoms with E-state index >= 15 is 0 Å². The van der Waals surface area contributed by atoms with Crippen molar-refractivity contribution in [3.05, 3.63) is 5.89 Å². The highest BCUT2D eigenvalue weighted by atomic mass is 16.4. The average Bonchev–Trinajstić information content (AvgIpc) is 2.63. The van der Waals surface area contributed by atoms with Crippen molar-refractivity contribution in [1.29, 1.82) is 0 Å². The van der Waals surface area contributed by atoms with Crippen molar-refractivity contribution in [3.63, 3.8) is 0 Å². The number of hydrogen-bond acceptors (Lipinski definition) is 5. The van der Waals surface area contributed by atoms with Gasteiger partial charge in [0.15, 0.2) is 0 Å². The quantitative estimate of drug-likeness (QED) is 0.784. The van der Waals surface area contributed by atoms with E-state index in [1.807, 2.05) is 0 Å². The Morgan fingerprint density at radius 2 is 2.18 bits per heavy atom. The second kappa shape index (κ2) is 6.00. The van der Waals surface area contributed by atoms with Crippen LogP contribution in [0.5, 0.6) is 0 Å². The van der Waals surface area contributed by atoms with Gasteiger partial charge in [0.2, 0.25) is 5.89 Å². The Bertz CT molecular complexity index is 339. The number of rotatable bonds is 4. The van der Waals surface area contributed by atoms with E-state index < -0.39 is 0 Å². The lowest BCUT2D eigenvalue weighted by Gasteiger charge is -2.13. The molecule has 1 heterocycles. The molecule has 0 aliphatic heterocycles. The third-order valence-electron chi connectivity index (χ3n) is 3.41. The molecule has 1 fully saturated rings. The molecule has 2 atom stereocenters. The summed E-state index contributed by atoms with van der Waals surface area (Å²) in [5.41, 5.74) is 5.44. The summed E-state index contributed by atoms with van der Waals surface area (Å²) in [5, 5.41) is 11.3. The first kappa shape index (κ1) is 12.4. The van der Waals surface area contributed by atoms with Crippen LogP contribution in [0, 0.1) is 5.92 Å². The number of nitrogens with one attached hydrogen (secondary N) is 1. The zero-order chi connectivity index (χ0) is 12.1. The van der Waals surface area contributed by atoms with Gasteiger partial charge in [-0.2, -0.15) is 0 Å². The van der Waals surface area contributed by atoms with Crippen molar-refractivity contribution in [2.24, 2.45) is 11.7 Å². The molecule has 2 unspecified atom stereocenters. The molecular weight excluding hydrogens is 216 g/mol. The summed E-state index contributed by atoms with van der Waals surface area (Å²) in [4.78, 5) is 0. The Hall–Kier alpha value is -1.10. The lowest BCUT2D eigenvalue weighted by atomic mass is 10.0. The molecule has 0 amide bonds. The normalized spacial score (nSPS) is 25.5. The van der Waals surface area contributed by atoms with Crippen LogP contribution in [0.15, 0.2) is 4.42 Å². The van der Waals surface area contributed by atoms with E-state index in [-0.39, 0.29) is 0 Å². The van der Waals surface area contributed by atoms with Crippen molar-refractivity contribution >= 4 is 6.01 Å². The van der Waals surface area contributed by atoms with Crippen molar-refractivity contribution < 1.29 is 4.42 Å². The summed E-state index contributed by atoms with van der Waals surface area (Å²) in [6.07, 6.45) is 6.93. The first-order valence-corrected chi connectivity index (χ1v) is 6.57. The molecule has 2 rings (SSSR count). The molecule has 0 radical (unpaired) electrons. The van der Waals surface area contributed by atoms with E-state index in [1.54, 1.807) is 0 Å². The van der Waals surface area contributed by atoms with Crippen LogP contribution < -0.4 is 11.1 Å². The smallest absolute Gasteiger partial charge is 0.315 e. The average molecular weight is 238 g/mol. The number of nitrogens with two attached hydrogens (primary N) is 1. The van der Waals surface area contributed by atoms with Crippen LogP contribution in [-0.4, -0.2) is 22.8 Å². The summed E-state index contributed by atoms with van der Waals surface area (Å²) in [5.74, 6) is 1.47. The van der Waals surface area contributed by atoms with Crippen LogP contribution in [0.3, 0.4) is 0 Å². The van der Waals surface area contributed by atoms with Crippen molar-refractivity contribution in [1.82, 2.24) is 10.2 Å². The maximum atomic E-state index is 5.48. The number of nitrogens with zero attached hydrogens (tertiary/aromatic N) is 2. The largest absolute Gasteiger partial charge is 0.408 e. The van der Waals surface area contributed by atoms with Gasteiger partial charge < -0.3 is 15.5 Å². The first-order valence-electron chi connectivity index (χ1n) is 6.57. The van der Waals surface area contributed by atoms with Crippen LogP contribution in [0.1, 0.15) is 44.9 Å². The SMILES string of the molecule is CC1CCCC(Nc2nnc(CCN)o2)CC1. The molecule has 1 aromatic rings. The standard InChI is InChI=1S/C12H22N4O/c1-9-3-2-4-10(6-5-9)14-12-16-15-11(17-12)7-8-13/h9-10H,2-8,13H2,1H3,(H,14,16). The van der Waals surface area contributed by atoms with Gasteiger partial charge in [0, 0.05) is 19.0 Å². The Morgan fingerprint density at radius 1 is 1.29 bits per heavy atom. The molecule has 0 spiro atoms. The van der Waals surface area contributed by atoms with Crippen LogP contribution in [0.2, 0.25) is 0 Å². The summed E-state index contributed by atoms with van der Waals surface area (Å²) in [6.45, 7) is 2.87. The highest BCUT2D eigenvalue weighted by molar-refractivity contribution is 5.19. The zero-order valence-corrected chi connectivity index (χ0v) is 10.5. The number of hydrogen-bond donors (Lipinski definition) is 2. The zero-order valence-electron chi connectivity index (χ0n) is 10.5. The van der Waals surface area contributed by atoms with Crippen LogP contribution in [0.4, 0.5) is 6.01 Å².